The van der Waals surface area contributed by atoms with Crippen LogP contribution in [0.1, 0.15) is 55.3 Å². The Morgan fingerprint density at radius 2 is 1.87 bits per heavy atom. The molecule has 1 aromatic rings. The van der Waals surface area contributed by atoms with Crippen LogP contribution in [0.15, 0.2) is 18.2 Å². The third-order valence-electron chi connectivity index (χ3n) is 5.69. The average Bonchev–Trinajstić information content (AvgIpc) is 2.72. The number of halogens is 1. The summed E-state index contributed by atoms with van der Waals surface area (Å²) in [7, 11) is 0. The number of nitrogens with zero attached hydrogens (tertiary/aromatic N) is 2. The van der Waals surface area contributed by atoms with Gasteiger partial charge in [-0.3, -0.25) is 24.6 Å². The summed E-state index contributed by atoms with van der Waals surface area (Å²) in [6.07, 6.45) is 4.76. The van der Waals surface area contributed by atoms with Crippen LogP contribution in [-0.2, 0) is 9.59 Å². The number of amides is 4. The Bertz CT molecular complexity index is 836. The normalized spacial score (nSPS) is 17.8. The Morgan fingerprint density at radius 3 is 2.53 bits per heavy atom. The maximum Gasteiger partial charge on any atom is 0.328 e. The number of hydrogen-bond acceptors (Lipinski definition) is 4. The molecule has 0 radical (unpaired) electrons. The fourth-order valence-corrected chi connectivity index (χ4v) is 4.18. The smallest absolute Gasteiger partial charge is 0.328 e. The summed E-state index contributed by atoms with van der Waals surface area (Å²) in [5, 5.41) is 11.3. The van der Waals surface area contributed by atoms with Crippen molar-refractivity contribution in [1.29, 1.82) is 0 Å². The number of benzene rings is 1. The Kier molecular flexibility index (Phi) is 7.31. The number of nitrogens with one attached hydrogen (secondary N) is 1. The maximum absolute atomic E-state index is 13.0. The highest BCUT2D eigenvalue weighted by Gasteiger charge is 2.28. The molecule has 0 aromatic heterocycles. The molecule has 3 rings (SSSR count). The molecule has 4 amide bonds. The highest BCUT2D eigenvalue weighted by Crippen LogP contribution is 2.30. The summed E-state index contributed by atoms with van der Waals surface area (Å²) >= 11 is 6.25. The van der Waals surface area contributed by atoms with Gasteiger partial charge in [0.1, 0.15) is 0 Å². The van der Waals surface area contributed by atoms with Gasteiger partial charge in [0.2, 0.25) is 5.91 Å². The number of carboxylic acids is 1. The summed E-state index contributed by atoms with van der Waals surface area (Å²) in [4.78, 5) is 50.2. The van der Waals surface area contributed by atoms with E-state index in [1.807, 2.05) is 0 Å². The van der Waals surface area contributed by atoms with Gasteiger partial charge >= 0.3 is 12.0 Å². The minimum Gasteiger partial charge on any atom is -0.481 e. The van der Waals surface area contributed by atoms with Crippen LogP contribution in [0.25, 0.3) is 0 Å². The van der Waals surface area contributed by atoms with Gasteiger partial charge in [-0.1, -0.05) is 24.4 Å². The van der Waals surface area contributed by atoms with Gasteiger partial charge in [0.05, 0.1) is 10.7 Å². The van der Waals surface area contributed by atoms with Crippen LogP contribution in [0.4, 0.5) is 10.5 Å². The zero-order valence-corrected chi connectivity index (χ0v) is 17.5. The minimum absolute atomic E-state index is 0.106. The molecule has 0 unspecified atom stereocenters. The monoisotopic (exact) mass is 435 g/mol. The number of piperidine rings is 1. The van der Waals surface area contributed by atoms with E-state index in [-0.39, 0.29) is 31.2 Å². The van der Waals surface area contributed by atoms with Crippen LogP contribution in [0.2, 0.25) is 5.02 Å². The summed E-state index contributed by atoms with van der Waals surface area (Å²) in [5.74, 6) is -0.680. The van der Waals surface area contributed by atoms with Gasteiger partial charge < -0.3 is 10.0 Å². The molecule has 9 heteroatoms. The molecule has 2 heterocycles. The number of anilines is 1. The zero-order chi connectivity index (χ0) is 21.7. The second-order valence-electron chi connectivity index (χ2n) is 7.80. The van der Waals surface area contributed by atoms with Crippen molar-refractivity contribution < 1.29 is 24.3 Å². The van der Waals surface area contributed by atoms with Gasteiger partial charge in [-0.2, -0.15) is 0 Å². The van der Waals surface area contributed by atoms with Crippen LogP contribution in [-0.4, -0.2) is 53.5 Å². The largest absolute Gasteiger partial charge is 0.481 e. The number of carbonyl (C=O) groups is 4. The van der Waals surface area contributed by atoms with E-state index in [0.717, 1.165) is 25.7 Å². The van der Waals surface area contributed by atoms with Gasteiger partial charge in [0.15, 0.2) is 0 Å². The van der Waals surface area contributed by atoms with Gasteiger partial charge in [-0.05, 0) is 43.4 Å². The number of carbonyl (C=O) groups excluding carboxylic acids is 3. The van der Waals surface area contributed by atoms with Crippen LogP contribution in [0.5, 0.6) is 0 Å². The van der Waals surface area contributed by atoms with E-state index in [9.17, 15) is 19.2 Å². The molecule has 0 aliphatic carbocycles. The number of urea groups is 1. The maximum atomic E-state index is 13.0. The highest BCUT2D eigenvalue weighted by molar-refractivity contribution is 6.34. The molecular weight excluding hydrogens is 410 g/mol. The fourth-order valence-electron chi connectivity index (χ4n) is 3.96. The van der Waals surface area contributed by atoms with Crippen molar-refractivity contribution in [2.24, 2.45) is 5.92 Å². The number of aliphatic carboxylic acids is 1. The fraction of sp³-hybridized carbons (Fsp3) is 0.524. The average molecular weight is 436 g/mol. The summed E-state index contributed by atoms with van der Waals surface area (Å²) < 4.78 is 0. The van der Waals surface area contributed by atoms with E-state index in [0.29, 0.717) is 41.7 Å². The van der Waals surface area contributed by atoms with E-state index in [2.05, 4.69) is 5.32 Å². The Balaban J connectivity index is 1.58. The number of likely N-dealkylation sites (tertiary alicyclic amines) is 1. The highest BCUT2D eigenvalue weighted by atomic mass is 35.5. The van der Waals surface area contributed by atoms with Crippen molar-refractivity contribution in [3.63, 3.8) is 0 Å². The summed E-state index contributed by atoms with van der Waals surface area (Å²) in [6, 6.07) is 4.32. The first-order chi connectivity index (χ1) is 14.3. The zero-order valence-electron chi connectivity index (χ0n) is 16.7. The van der Waals surface area contributed by atoms with Crippen molar-refractivity contribution in [3.8, 4) is 0 Å². The number of rotatable bonds is 7. The molecule has 0 atom stereocenters. The van der Waals surface area contributed by atoms with Crippen LogP contribution in [0.3, 0.4) is 0 Å². The number of hydrogen-bond donors (Lipinski definition) is 2. The molecule has 0 spiro atoms. The molecular formula is C21H26ClN3O5. The Morgan fingerprint density at radius 1 is 1.13 bits per heavy atom. The number of imide groups is 1. The van der Waals surface area contributed by atoms with Crippen molar-refractivity contribution in [3.05, 3.63) is 28.8 Å². The van der Waals surface area contributed by atoms with Crippen molar-refractivity contribution in [2.75, 3.05) is 24.5 Å². The molecule has 2 aliphatic rings. The van der Waals surface area contributed by atoms with E-state index >= 15 is 0 Å². The SMILES string of the molecule is O=C(O)CCCCC1CCN(C(=O)c2ccc(Cl)c(N3CCC(=O)NC3=O)c2)CC1. The van der Waals surface area contributed by atoms with E-state index in [1.54, 1.807) is 23.1 Å². The van der Waals surface area contributed by atoms with Crippen molar-refractivity contribution >= 4 is 41.1 Å². The first kappa shape index (κ1) is 22.1. The van der Waals surface area contributed by atoms with Gasteiger partial charge in [0, 0.05) is 38.0 Å². The third-order valence-corrected chi connectivity index (χ3v) is 6.01. The second-order valence-corrected chi connectivity index (χ2v) is 8.20. The predicted octanol–water partition coefficient (Wildman–Crippen LogP) is 3.28. The summed E-state index contributed by atoms with van der Waals surface area (Å²) in [5.41, 5.74) is 0.875. The summed E-state index contributed by atoms with van der Waals surface area (Å²) in [6.45, 7) is 1.52. The van der Waals surface area contributed by atoms with Crippen molar-refractivity contribution in [1.82, 2.24) is 10.2 Å². The van der Waals surface area contributed by atoms with Crippen LogP contribution >= 0.6 is 11.6 Å². The lowest BCUT2D eigenvalue weighted by atomic mass is 9.91. The molecule has 8 nitrogen and oxygen atoms in total. The first-order valence-electron chi connectivity index (χ1n) is 10.3. The lowest BCUT2D eigenvalue weighted by Gasteiger charge is -2.32. The standard InChI is InChI=1S/C21H26ClN3O5/c22-16-6-5-15(13-17(16)25-12-9-18(26)23-21(25)30)20(29)24-10-7-14(8-11-24)3-1-2-4-19(27)28/h5-6,13-14H,1-4,7-12H2,(H,27,28)(H,23,26,30). The van der Waals surface area contributed by atoms with E-state index in [4.69, 9.17) is 16.7 Å². The van der Waals surface area contributed by atoms with Crippen molar-refractivity contribution in [2.45, 2.75) is 44.9 Å². The minimum atomic E-state index is -0.758. The molecule has 0 bridgehead atoms. The quantitative estimate of drug-likeness (QED) is 0.639. The molecule has 162 valence electrons. The number of unbranched alkanes of at least 4 members (excludes halogenated alkanes) is 1. The molecule has 2 aliphatic heterocycles. The third kappa shape index (κ3) is 5.50. The topological polar surface area (TPSA) is 107 Å². The molecule has 30 heavy (non-hydrogen) atoms. The lowest BCUT2D eigenvalue weighted by molar-refractivity contribution is -0.137. The molecule has 1 aromatic carbocycles. The molecule has 0 saturated carbocycles. The Labute approximate surface area is 180 Å². The number of carboxylic acid groups (broad SMARTS) is 1. The van der Waals surface area contributed by atoms with Crippen LogP contribution < -0.4 is 10.2 Å². The van der Waals surface area contributed by atoms with E-state index < -0.39 is 12.0 Å². The lowest BCUT2D eigenvalue weighted by Crippen LogP contribution is -2.49. The van der Waals surface area contributed by atoms with Gasteiger partial charge in [-0.15, -0.1) is 0 Å². The molecule has 2 saturated heterocycles. The van der Waals surface area contributed by atoms with Gasteiger partial charge in [0.25, 0.3) is 5.91 Å². The predicted molar refractivity (Wildman–Crippen MR) is 112 cm³/mol. The van der Waals surface area contributed by atoms with E-state index in [1.165, 1.54) is 4.90 Å². The van der Waals surface area contributed by atoms with Crippen LogP contribution in [0, 0.1) is 5.92 Å². The molecule has 2 fully saturated rings. The first-order valence-corrected chi connectivity index (χ1v) is 10.6. The second kappa shape index (κ2) is 9.93. The molecule has 2 N–H and O–H groups in total. The Hall–Kier alpha value is -2.61. The van der Waals surface area contributed by atoms with Gasteiger partial charge in [-0.25, -0.2) is 4.79 Å².